The molecule has 1 aromatic carbocycles. The highest BCUT2D eigenvalue weighted by atomic mass is 32.2. The van der Waals surface area contributed by atoms with Crippen molar-refractivity contribution in [3.8, 4) is 0 Å². The predicted octanol–water partition coefficient (Wildman–Crippen LogP) is 3.38. The fourth-order valence-electron chi connectivity index (χ4n) is 2.32. The molecule has 0 radical (unpaired) electrons. The van der Waals surface area contributed by atoms with Crippen molar-refractivity contribution in [2.24, 2.45) is 0 Å². The summed E-state index contributed by atoms with van der Waals surface area (Å²) in [5.74, 6) is 1.14. The van der Waals surface area contributed by atoms with Crippen molar-refractivity contribution in [1.29, 1.82) is 0 Å². The molecule has 9 heteroatoms. The zero-order chi connectivity index (χ0) is 18.7. The lowest BCUT2D eigenvalue weighted by atomic mass is 10.2. The third-order valence-corrected chi connectivity index (χ3v) is 5.16. The van der Waals surface area contributed by atoms with Crippen LogP contribution < -0.4 is 16.4 Å². The molecule has 0 saturated carbocycles. The molecule has 0 aliphatic rings. The number of hydrogen-bond donors (Lipinski definition) is 2. The molecule has 0 fully saturated rings. The summed E-state index contributed by atoms with van der Waals surface area (Å²) in [6.07, 6.45) is 0. The molecule has 7 nitrogen and oxygen atoms in total. The van der Waals surface area contributed by atoms with Gasteiger partial charge in [-0.25, -0.2) is 15.0 Å². The van der Waals surface area contributed by atoms with Gasteiger partial charge in [-0.2, -0.15) is 0 Å². The summed E-state index contributed by atoms with van der Waals surface area (Å²) in [7, 11) is 0. The van der Waals surface area contributed by atoms with Crippen molar-refractivity contribution in [2.45, 2.75) is 24.8 Å². The number of thioether (sulfide) groups is 1. The van der Waals surface area contributed by atoms with Gasteiger partial charge in [-0.05, 0) is 24.6 Å². The molecule has 3 rings (SSSR count). The van der Waals surface area contributed by atoms with Gasteiger partial charge >= 0.3 is 0 Å². The van der Waals surface area contributed by atoms with Gasteiger partial charge in [0, 0.05) is 24.1 Å². The van der Waals surface area contributed by atoms with Crippen molar-refractivity contribution in [3.05, 3.63) is 47.0 Å². The summed E-state index contributed by atoms with van der Waals surface area (Å²) >= 11 is 2.81. The van der Waals surface area contributed by atoms with Crippen LogP contribution in [0.3, 0.4) is 0 Å². The van der Waals surface area contributed by atoms with Gasteiger partial charge in [-0.1, -0.05) is 23.9 Å². The van der Waals surface area contributed by atoms with E-state index in [4.69, 9.17) is 11.5 Å². The molecule has 0 saturated heterocycles. The van der Waals surface area contributed by atoms with E-state index in [1.165, 1.54) is 36.1 Å². The summed E-state index contributed by atoms with van der Waals surface area (Å²) < 4.78 is 0. The maximum absolute atomic E-state index is 12.2. The molecule has 1 amide bonds. The maximum Gasteiger partial charge on any atom is 0.230 e. The third-order valence-electron chi connectivity index (χ3n) is 3.40. The SMILES string of the molecule is CC(=O)N(c1cccc(C)c1)c1nc(CSc2nc(N)cc(N)n2)cs1. The molecule has 0 aliphatic heterocycles. The second-order valence-electron chi connectivity index (χ2n) is 5.60. The Hall–Kier alpha value is -2.65. The summed E-state index contributed by atoms with van der Waals surface area (Å²) in [5.41, 5.74) is 14.1. The number of aryl methyl sites for hydroxylation is 1. The monoisotopic (exact) mass is 386 g/mol. The Labute approximate surface area is 159 Å². The molecule has 2 heterocycles. The number of benzene rings is 1. The number of anilines is 4. The van der Waals surface area contributed by atoms with Crippen molar-refractivity contribution < 1.29 is 4.79 Å². The number of nitrogens with two attached hydrogens (primary N) is 2. The second-order valence-corrected chi connectivity index (χ2v) is 7.38. The smallest absolute Gasteiger partial charge is 0.230 e. The Morgan fingerprint density at radius 3 is 2.58 bits per heavy atom. The van der Waals surface area contributed by atoms with Gasteiger partial charge in [0.2, 0.25) is 5.91 Å². The Kier molecular flexibility index (Phi) is 5.38. The third kappa shape index (κ3) is 4.30. The first-order chi connectivity index (χ1) is 12.4. The molecule has 0 unspecified atom stereocenters. The van der Waals surface area contributed by atoms with Crippen LogP contribution >= 0.6 is 23.1 Å². The van der Waals surface area contributed by atoms with E-state index in [1.807, 2.05) is 36.6 Å². The number of nitrogens with zero attached hydrogens (tertiary/aromatic N) is 4. The minimum Gasteiger partial charge on any atom is -0.383 e. The van der Waals surface area contributed by atoms with Crippen LogP contribution in [0.15, 0.2) is 40.9 Å². The highest BCUT2D eigenvalue weighted by Crippen LogP contribution is 2.31. The molecule has 2 aromatic heterocycles. The second kappa shape index (κ2) is 7.71. The lowest BCUT2D eigenvalue weighted by Crippen LogP contribution is -2.22. The van der Waals surface area contributed by atoms with Crippen molar-refractivity contribution >= 4 is 51.5 Å². The number of carbonyl (C=O) groups excluding carboxylic acids is 1. The number of amides is 1. The van der Waals surface area contributed by atoms with Crippen LogP contribution in [-0.4, -0.2) is 20.9 Å². The minimum absolute atomic E-state index is 0.0870. The van der Waals surface area contributed by atoms with Crippen LogP contribution in [0.5, 0.6) is 0 Å². The van der Waals surface area contributed by atoms with Gasteiger partial charge in [-0.15, -0.1) is 11.3 Å². The molecule has 4 N–H and O–H groups in total. The quantitative estimate of drug-likeness (QED) is 0.511. The van der Waals surface area contributed by atoms with Gasteiger partial charge in [-0.3, -0.25) is 9.69 Å². The minimum atomic E-state index is -0.0870. The lowest BCUT2D eigenvalue weighted by Gasteiger charge is -2.18. The summed E-state index contributed by atoms with van der Waals surface area (Å²) in [4.78, 5) is 26.6. The molecule has 0 spiro atoms. The standard InChI is InChI=1S/C17H18N6OS2/c1-10-4-3-5-13(6-10)23(11(2)24)17-20-12(9-26-17)8-25-16-21-14(18)7-15(19)22-16/h3-7,9H,8H2,1-2H3,(H4,18,19,21,22). The Morgan fingerprint density at radius 1 is 1.19 bits per heavy atom. The molecule has 0 bridgehead atoms. The van der Waals surface area contributed by atoms with E-state index < -0.39 is 0 Å². The Morgan fingerprint density at radius 2 is 1.92 bits per heavy atom. The molecular formula is C17H18N6OS2. The first-order valence-electron chi connectivity index (χ1n) is 7.77. The summed E-state index contributed by atoms with van der Waals surface area (Å²) in [5, 5.41) is 3.05. The molecule has 134 valence electrons. The van der Waals surface area contributed by atoms with E-state index >= 15 is 0 Å². The highest BCUT2D eigenvalue weighted by Gasteiger charge is 2.18. The van der Waals surface area contributed by atoms with Crippen molar-refractivity contribution in [2.75, 3.05) is 16.4 Å². The number of hydrogen-bond acceptors (Lipinski definition) is 8. The van der Waals surface area contributed by atoms with Crippen LogP contribution in [0.25, 0.3) is 0 Å². The average Bonchev–Trinajstić information content (AvgIpc) is 3.00. The van der Waals surface area contributed by atoms with E-state index in [1.54, 1.807) is 4.90 Å². The normalized spacial score (nSPS) is 10.7. The van der Waals surface area contributed by atoms with Gasteiger partial charge in [0.1, 0.15) is 11.6 Å². The van der Waals surface area contributed by atoms with Gasteiger partial charge in [0.05, 0.1) is 11.4 Å². The Balaban J connectivity index is 1.78. The van der Waals surface area contributed by atoms with Gasteiger partial charge in [0.25, 0.3) is 0 Å². The molecule has 26 heavy (non-hydrogen) atoms. The van der Waals surface area contributed by atoms with E-state index in [9.17, 15) is 4.79 Å². The number of carbonyl (C=O) groups is 1. The van der Waals surface area contributed by atoms with Crippen molar-refractivity contribution in [1.82, 2.24) is 15.0 Å². The fraction of sp³-hybridized carbons (Fsp3) is 0.176. The van der Waals surface area contributed by atoms with Crippen LogP contribution in [0, 0.1) is 6.92 Å². The van der Waals surface area contributed by atoms with Crippen LogP contribution in [0.1, 0.15) is 18.2 Å². The highest BCUT2D eigenvalue weighted by molar-refractivity contribution is 7.98. The molecule has 0 atom stereocenters. The van der Waals surface area contributed by atoms with Crippen LogP contribution in [0.4, 0.5) is 22.5 Å². The number of rotatable bonds is 5. The van der Waals surface area contributed by atoms with E-state index in [0.717, 1.165) is 16.9 Å². The van der Waals surface area contributed by atoms with Crippen LogP contribution in [-0.2, 0) is 10.5 Å². The zero-order valence-electron chi connectivity index (χ0n) is 14.3. The van der Waals surface area contributed by atoms with Crippen LogP contribution in [0.2, 0.25) is 0 Å². The first kappa shape index (κ1) is 18.2. The average molecular weight is 387 g/mol. The van der Waals surface area contributed by atoms with Gasteiger partial charge in [0.15, 0.2) is 10.3 Å². The largest absolute Gasteiger partial charge is 0.383 e. The predicted molar refractivity (Wildman–Crippen MR) is 107 cm³/mol. The zero-order valence-corrected chi connectivity index (χ0v) is 16.0. The topological polar surface area (TPSA) is 111 Å². The molecule has 3 aromatic rings. The van der Waals surface area contributed by atoms with E-state index in [-0.39, 0.29) is 5.91 Å². The summed E-state index contributed by atoms with van der Waals surface area (Å²) in [6, 6.07) is 9.28. The van der Waals surface area contributed by atoms with E-state index in [0.29, 0.717) is 27.7 Å². The lowest BCUT2D eigenvalue weighted by molar-refractivity contribution is -0.115. The first-order valence-corrected chi connectivity index (χ1v) is 9.63. The Bertz CT molecular complexity index is 922. The number of thiazole rings is 1. The van der Waals surface area contributed by atoms with Gasteiger partial charge < -0.3 is 11.5 Å². The number of nitrogen functional groups attached to an aromatic ring is 2. The van der Waals surface area contributed by atoms with Crippen molar-refractivity contribution in [3.63, 3.8) is 0 Å². The maximum atomic E-state index is 12.2. The molecule has 0 aliphatic carbocycles. The van der Waals surface area contributed by atoms with E-state index in [2.05, 4.69) is 15.0 Å². The fourth-order valence-corrected chi connectivity index (χ4v) is 4.08. The summed E-state index contributed by atoms with van der Waals surface area (Å²) in [6.45, 7) is 3.52. The number of aromatic nitrogens is 3. The molecular weight excluding hydrogens is 368 g/mol.